The highest BCUT2D eigenvalue weighted by Gasteiger charge is 2.30. The van der Waals surface area contributed by atoms with E-state index in [1.165, 1.54) is 44.1 Å². The van der Waals surface area contributed by atoms with Crippen LogP contribution in [0, 0.1) is 11.8 Å². The van der Waals surface area contributed by atoms with E-state index in [4.69, 9.17) is 15.0 Å². The number of pyridine rings is 1. The number of nitrogens with zero attached hydrogens (tertiary/aromatic N) is 5. The van der Waals surface area contributed by atoms with E-state index >= 15 is 0 Å². The molecular weight excluding hydrogens is 767 g/mol. The number of fused-ring (bicyclic) bond motifs is 4. The van der Waals surface area contributed by atoms with Gasteiger partial charge in [-0.15, -0.1) is 13.2 Å². The molecule has 11 rings (SSSR count). The zero-order chi connectivity index (χ0) is 42.3. The van der Waals surface area contributed by atoms with Gasteiger partial charge in [0.1, 0.15) is 0 Å². The molecule has 0 aliphatic heterocycles. The molecule has 3 atom stereocenters. The van der Waals surface area contributed by atoms with Gasteiger partial charge in [0.05, 0.1) is 11.0 Å². The van der Waals surface area contributed by atoms with Crippen molar-refractivity contribution in [2.45, 2.75) is 12.3 Å². The molecule has 5 heteroatoms. The molecule has 300 valence electrons. The van der Waals surface area contributed by atoms with Crippen LogP contribution in [0.15, 0.2) is 220 Å². The first-order chi connectivity index (χ1) is 31.2. The van der Waals surface area contributed by atoms with Crippen LogP contribution in [0.25, 0.3) is 77.8 Å². The second-order valence-corrected chi connectivity index (χ2v) is 16.2. The van der Waals surface area contributed by atoms with Crippen LogP contribution in [0.3, 0.4) is 0 Å². The highest BCUT2D eigenvalue weighted by Crippen LogP contribution is 2.46. The third-order valence-electron chi connectivity index (χ3n) is 12.7. The number of para-hydroxylation sites is 2. The SMILES string of the molecule is C=CC1C(c2ccc3c4ccccc4n(-c4ccccc4)c3c2)=CC=C(c2ccc(-c3nc(C4=CC(c5cccnc5)CC=C4)nc(-c4ccccc4)n3)c3ccccc23)C1C=C. The summed E-state index contributed by atoms with van der Waals surface area (Å²) >= 11 is 0. The van der Waals surface area contributed by atoms with Crippen molar-refractivity contribution in [1.82, 2.24) is 24.5 Å². The summed E-state index contributed by atoms with van der Waals surface area (Å²) < 4.78 is 2.38. The Morgan fingerprint density at radius 3 is 1.97 bits per heavy atom. The van der Waals surface area contributed by atoms with Crippen LogP contribution < -0.4 is 0 Å². The van der Waals surface area contributed by atoms with E-state index in [1.807, 2.05) is 36.7 Å². The highest BCUT2D eigenvalue weighted by molar-refractivity contribution is 6.10. The molecule has 0 N–H and O–H groups in total. The summed E-state index contributed by atoms with van der Waals surface area (Å²) in [6.07, 6.45) is 20.0. The smallest absolute Gasteiger partial charge is 0.164 e. The third-order valence-corrected chi connectivity index (χ3v) is 12.7. The predicted molar refractivity (Wildman–Crippen MR) is 261 cm³/mol. The van der Waals surface area contributed by atoms with E-state index in [-0.39, 0.29) is 17.8 Å². The normalized spacial score (nSPS) is 17.3. The van der Waals surface area contributed by atoms with Gasteiger partial charge in [-0.05, 0) is 81.4 Å². The van der Waals surface area contributed by atoms with E-state index in [0.717, 1.165) is 45.1 Å². The second kappa shape index (κ2) is 16.1. The summed E-state index contributed by atoms with van der Waals surface area (Å²) in [6, 6.07) is 53.4. The Morgan fingerprint density at radius 2 is 1.19 bits per heavy atom. The topological polar surface area (TPSA) is 56.5 Å². The highest BCUT2D eigenvalue weighted by atomic mass is 15.0. The molecule has 3 unspecified atom stereocenters. The largest absolute Gasteiger partial charge is 0.309 e. The Labute approximate surface area is 367 Å². The second-order valence-electron chi connectivity index (χ2n) is 16.2. The first kappa shape index (κ1) is 37.9. The van der Waals surface area contributed by atoms with Gasteiger partial charge in [0, 0.05) is 63.3 Å². The fourth-order valence-corrected chi connectivity index (χ4v) is 9.65. The average molecular weight is 810 g/mol. The van der Waals surface area contributed by atoms with Gasteiger partial charge in [-0.3, -0.25) is 4.98 Å². The van der Waals surface area contributed by atoms with E-state index in [1.54, 1.807) is 0 Å². The number of hydrogen-bond acceptors (Lipinski definition) is 4. The van der Waals surface area contributed by atoms with Gasteiger partial charge in [0.25, 0.3) is 0 Å². The molecule has 5 nitrogen and oxygen atoms in total. The van der Waals surface area contributed by atoms with Crippen LogP contribution in [0.1, 0.15) is 34.9 Å². The van der Waals surface area contributed by atoms with Gasteiger partial charge in [-0.25, -0.2) is 15.0 Å². The van der Waals surface area contributed by atoms with E-state index in [0.29, 0.717) is 17.5 Å². The Bertz CT molecular complexity index is 3350. The van der Waals surface area contributed by atoms with E-state index in [9.17, 15) is 0 Å². The van der Waals surface area contributed by atoms with E-state index in [2.05, 4.69) is 193 Å². The molecule has 0 amide bonds. The number of benzene rings is 6. The molecule has 0 radical (unpaired) electrons. The minimum Gasteiger partial charge on any atom is -0.309 e. The minimum atomic E-state index is -0.0151. The Hall–Kier alpha value is -8.02. The Morgan fingerprint density at radius 1 is 0.540 bits per heavy atom. The monoisotopic (exact) mass is 809 g/mol. The number of rotatable bonds is 9. The van der Waals surface area contributed by atoms with Gasteiger partial charge >= 0.3 is 0 Å². The standard InChI is InChI=1S/C58H43N5/c1-3-44-45(4-2)49(31-30-46(44)40-28-29-52-51-26-13-14-27-54(51)63(55(52)36-40)43-22-9-6-10-23-43)50-32-33-53(48-25-12-11-24-47(48)50)58-61-56(38-17-7-5-8-18-38)60-57(62-58)41-20-15-19-39(35-41)42-21-16-34-59-37-42/h3-18,20-37,39,44-45H,1-2,19H2. The summed E-state index contributed by atoms with van der Waals surface area (Å²) in [5.74, 6) is 2.08. The first-order valence-electron chi connectivity index (χ1n) is 21.6. The van der Waals surface area contributed by atoms with Crippen LogP contribution in [-0.4, -0.2) is 24.5 Å². The van der Waals surface area contributed by atoms with Crippen molar-refractivity contribution in [3.63, 3.8) is 0 Å². The lowest BCUT2D eigenvalue weighted by Crippen LogP contribution is -2.17. The van der Waals surface area contributed by atoms with Crippen molar-refractivity contribution in [1.29, 1.82) is 0 Å². The van der Waals surface area contributed by atoms with Crippen molar-refractivity contribution in [3.05, 3.63) is 242 Å². The zero-order valence-electron chi connectivity index (χ0n) is 34.7. The quantitative estimate of drug-likeness (QED) is 0.136. The maximum absolute atomic E-state index is 5.22. The summed E-state index contributed by atoms with van der Waals surface area (Å²) in [5.41, 5.74) is 12.3. The first-order valence-corrected chi connectivity index (χ1v) is 21.6. The number of allylic oxidation sites excluding steroid dienone is 10. The van der Waals surface area contributed by atoms with Crippen LogP contribution >= 0.6 is 0 Å². The Kier molecular flexibility index (Phi) is 9.70. The summed E-state index contributed by atoms with van der Waals surface area (Å²) in [5, 5.41) is 4.66. The lowest BCUT2D eigenvalue weighted by atomic mass is 9.72. The molecular formula is C58H43N5. The third kappa shape index (κ3) is 6.75. The van der Waals surface area contributed by atoms with E-state index < -0.39 is 0 Å². The van der Waals surface area contributed by atoms with Crippen LogP contribution in [0.2, 0.25) is 0 Å². The molecule has 3 heterocycles. The molecule has 63 heavy (non-hydrogen) atoms. The summed E-state index contributed by atoms with van der Waals surface area (Å²) in [7, 11) is 0. The fourth-order valence-electron chi connectivity index (χ4n) is 9.65. The molecule has 0 bridgehead atoms. The lowest BCUT2D eigenvalue weighted by Gasteiger charge is -2.31. The van der Waals surface area contributed by atoms with Crippen molar-refractivity contribution in [2.24, 2.45) is 11.8 Å². The lowest BCUT2D eigenvalue weighted by molar-refractivity contribution is 0.707. The summed E-state index contributed by atoms with van der Waals surface area (Å²) in [6.45, 7) is 8.83. The van der Waals surface area contributed by atoms with Crippen molar-refractivity contribution in [3.8, 4) is 28.5 Å². The van der Waals surface area contributed by atoms with Gasteiger partial charge in [0.15, 0.2) is 17.5 Å². The molecule has 2 aliphatic carbocycles. The fraction of sp³-hybridized carbons (Fsp3) is 0.0690. The molecule has 0 fully saturated rings. The number of aromatic nitrogens is 5. The molecule has 6 aromatic carbocycles. The molecule has 0 spiro atoms. The van der Waals surface area contributed by atoms with Crippen LogP contribution in [-0.2, 0) is 0 Å². The van der Waals surface area contributed by atoms with Crippen LogP contribution in [0.5, 0.6) is 0 Å². The van der Waals surface area contributed by atoms with Crippen LogP contribution in [0.4, 0.5) is 0 Å². The predicted octanol–water partition coefficient (Wildman–Crippen LogP) is 14.1. The van der Waals surface area contributed by atoms with Crippen molar-refractivity contribution < 1.29 is 0 Å². The zero-order valence-corrected chi connectivity index (χ0v) is 34.7. The summed E-state index contributed by atoms with van der Waals surface area (Å²) in [4.78, 5) is 19.8. The molecule has 2 aliphatic rings. The molecule has 0 saturated heterocycles. The number of hydrogen-bond donors (Lipinski definition) is 0. The molecule has 9 aromatic rings. The molecule has 3 aromatic heterocycles. The minimum absolute atomic E-state index is 0.000205. The average Bonchev–Trinajstić information content (AvgIpc) is 3.70. The van der Waals surface area contributed by atoms with Gasteiger partial charge in [-0.2, -0.15) is 0 Å². The molecule has 0 saturated carbocycles. The Balaban J connectivity index is 1.03. The van der Waals surface area contributed by atoms with Gasteiger partial charge in [0.2, 0.25) is 0 Å². The van der Waals surface area contributed by atoms with Gasteiger partial charge < -0.3 is 4.57 Å². The van der Waals surface area contributed by atoms with Gasteiger partial charge in [-0.1, -0.05) is 158 Å². The van der Waals surface area contributed by atoms with Crippen molar-refractivity contribution >= 4 is 49.3 Å². The maximum atomic E-state index is 5.22. The van der Waals surface area contributed by atoms with Crippen molar-refractivity contribution in [2.75, 3.05) is 0 Å². The maximum Gasteiger partial charge on any atom is 0.164 e.